The van der Waals surface area contributed by atoms with E-state index in [1.165, 1.54) is 44.6 Å². The van der Waals surface area contributed by atoms with Crippen LogP contribution in [0.3, 0.4) is 0 Å². The highest BCUT2D eigenvalue weighted by Crippen LogP contribution is 2.49. The fourth-order valence-electron chi connectivity index (χ4n) is 4.47. The minimum Gasteiger partial charge on any atom is -0.493 e. The van der Waals surface area contributed by atoms with Crippen molar-refractivity contribution in [1.29, 1.82) is 0 Å². The Bertz CT molecular complexity index is 872. The molecule has 2 bridgehead atoms. The molecule has 2 aliphatic rings. The Morgan fingerprint density at radius 3 is 2.83 bits per heavy atom. The molecule has 2 fully saturated rings. The van der Waals surface area contributed by atoms with Gasteiger partial charge in [0, 0.05) is 12.0 Å². The lowest BCUT2D eigenvalue weighted by Crippen LogP contribution is -2.17. The van der Waals surface area contributed by atoms with Crippen molar-refractivity contribution in [2.75, 3.05) is 7.11 Å². The van der Waals surface area contributed by atoms with Gasteiger partial charge in [-0.25, -0.2) is 0 Å². The van der Waals surface area contributed by atoms with Gasteiger partial charge in [-0.1, -0.05) is 11.6 Å². The quantitative estimate of drug-likeness (QED) is 0.605. The number of nitrogens with zero attached hydrogens (tertiary/aromatic N) is 2. The number of esters is 1. The standard InChI is InChI=1S/C20H22F2N2O5/c1-26-16-8-13(4-5-15(16)28-20(21)22)19-23-17(29-24-19)10-27-18(25)9-14-7-11-2-3-12(14)6-11/h4-5,8,11-12,14,20H,2-3,6-7,9-10H2,1H3. The van der Waals surface area contributed by atoms with Crippen LogP contribution in [0.25, 0.3) is 11.4 Å². The zero-order chi connectivity index (χ0) is 20.4. The molecular weight excluding hydrogens is 386 g/mol. The van der Waals surface area contributed by atoms with E-state index in [1.807, 2.05) is 0 Å². The van der Waals surface area contributed by atoms with Gasteiger partial charge in [0.05, 0.1) is 7.11 Å². The largest absolute Gasteiger partial charge is 0.493 e. The molecule has 1 aromatic carbocycles. The molecule has 4 rings (SSSR count). The molecule has 2 aromatic rings. The lowest BCUT2D eigenvalue weighted by molar-refractivity contribution is -0.147. The Morgan fingerprint density at radius 1 is 1.28 bits per heavy atom. The number of ether oxygens (including phenoxy) is 3. The second-order valence-electron chi connectivity index (χ2n) is 7.56. The number of alkyl halides is 2. The fourth-order valence-corrected chi connectivity index (χ4v) is 4.47. The molecule has 156 valence electrons. The second kappa shape index (κ2) is 8.34. The normalized spacial score (nSPS) is 22.8. The number of fused-ring (bicyclic) bond motifs is 2. The van der Waals surface area contributed by atoms with Crippen LogP contribution in [-0.4, -0.2) is 29.8 Å². The Kier molecular flexibility index (Phi) is 5.64. The van der Waals surface area contributed by atoms with Gasteiger partial charge in [0.1, 0.15) is 0 Å². The first-order chi connectivity index (χ1) is 14.0. The van der Waals surface area contributed by atoms with Crippen molar-refractivity contribution in [3.05, 3.63) is 24.1 Å². The van der Waals surface area contributed by atoms with E-state index in [4.69, 9.17) is 14.0 Å². The molecular formula is C20H22F2N2O5. The Morgan fingerprint density at radius 2 is 2.14 bits per heavy atom. The molecule has 0 N–H and O–H groups in total. The van der Waals surface area contributed by atoms with E-state index < -0.39 is 6.61 Å². The summed E-state index contributed by atoms with van der Waals surface area (Å²) in [5.74, 6) is 2.04. The van der Waals surface area contributed by atoms with Crippen LogP contribution in [0.15, 0.2) is 22.7 Å². The van der Waals surface area contributed by atoms with E-state index in [1.54, 1.807) is 0 Å². The maximum absolute atomic E-state index is 12.4. The molecule has 29 heavy (non-hydrogen) atoms. The summed E-state index contributed by atoms with van der Waals surface area (Å²) >= 11 is 0. The van der Waals surface area contributed by atoms with Crippen molar-refractivity contribution < 1.29 is 32.3 Å². The molecule has 1 aromatic heterocycles. The number of rotatable bonds is 8. The van der Waals surface area contributed by atoms with Crippen molar-refractivity contribution >= 4 is 5.97 Å². The van der Waals surface area contributed by atoms with Crippen molar-refractivity contribution in [3.63, 3.8) is 0 Å². The first kappa shape index (κ1) is 19.6. The van der Waals surface area contributed by atoms with Gasteiger partial charge in [-0.15, -0.1) is 0 Å². The molecule has 2 aliphatic carbocycles. The fraction of sp³-hybridized carbons (Fsp3) is 0.550. The maximum Gasteiger partial charge on any atom is 0.387 e. The van der Waals surface area contributed by atoms with Gasteiger partial charge in [0.2, 0.25) is 5.82 Å². The Labute approximate surface area is 166 Å². The molecule has 3 unspecified atom stereocenters. The number of halogens is 2. The number of methoxy groups -OCH3 is 1. The predicted molar refractivity (Wildman–Crippen MR) is 96.3 cm³/mol. The van der Waals surface area contributed by atoms with Crippen LogP contribution in [0.5, 0.6) is 11.5 Å². The summed E-state index contributed by atoms with van der Waals surface area (Å²) in [6.45, 7) is -3.06. The van der Waals surface area contributed by atoms with Gasteiger partial charge in [-0.2, -0.15) is 13.8 Å². The summed E-state index contributed by atoms with van der Waals surface area (Å²) in [7, 11) is 1.34. The van der Waals surface area contributed by atoms with Crippen LogP contribution in [0.2, 0.25) is 0 Å². The number of carbonyl (C=O) groups is 1. The third-order valence-electron chi connectivity index (χ3n) is 5.78. The van der Waals surface area contributed by atoms with Gasteiger partial charge in [0.15, 0.2) is 18.1 Å². The maximum atomic E-state index is 12.4. The zero-order valence-electron chi connectivity index (χ0n) is 16.0. The molecule has 0 aliphatic heterocycles. The average Bonchev–Trinajstić information content (AvgIpc) is 3.43. The Hall–Kier alpha value is -2.71. The molecule has 0 spiro atoms. The van der Waals surface area contributed by atoms with E-state index in [-0.39, 0.29) is 35.8 Å². The van der Waals surface area contributed by atoms with Crippen LogP contribution in [0.4, 0.5) is 8.78 Å². The van der Waals surface area contributed by atoms with Crippen LogP contribution >= 0.6 is 0 Å². The van der Waals surface area contributed by atoms with E-state index in [0.717, 1.165) is 12.3 Å². The van der Waals surface area contributed by atoms with Crippen molar-refractivity contribution in [1.82, 2.24) is 10.1 Å². The smallest absolute Gasteiger partial charge is 0.387 e. The SMILES string of the molecule is COc1cc(-c2noc(COC(=O)CC3CC4CCC3C4)n2)ccc1OC(F)F. The summed E-state index contributed by atoms with van der Waals surface area (Å²) in [5, 5.41) is 3.84. The third-order valence-corrected chi connectivity index (χ3v) is 5.78. The second-order valence-corrected chi connectivity index (χ2v) is 7.56. The number of hydrogen-bond donors (Lipinski definition) is 0. The van der Waals surface area contributed by atoms with Crippen LogP contribution < -0.4 is 9.47 Å². The van der Waals surface area contributed by atoms with Gasteiger partial charge in [-0.05, 0) is 55.2 Å². The number of benzene rings is 1. The van der Waals surface area contributed by atoms with Crippen LogP contribution in [-0.2, 0) is 16.1 Å². The Balaban J connectivity index is 1.34. The molecule has 9 heteroatoms. The topological polar surface area (TPSA) is 83.7 Å². The average molecular weight is 408 g/mol. The zero-order valence-corrected chi connectivity index (χ0v) is 16.0. The van der Waals surface area contributed by atoms with Gasteiger partial charge in [0.25, 0.3) is 5.89 Å². The van der Waals surface area contributed by atoms with Crippen molar-refractivity contribution in [3.8, 4) is 22.9 Å². The minimum atomic E-state index is -2.96. The van der Waals surface area contributed by atoms with E-state index >= 15 is 0 Å². The molecule has 0 saturated heterocycles. The summed E-state index contributed by atoms with van der Waals surface area (Å²) in [5.41, 5.74) is 0.492. The minimum absolute atomic E-state index is 0.0930. The van der Waals surface area contributed by atoms with Gasteiger partial charge < -0.3 is 18.7 Å². The molecule has 1 heterocycles. The van der Waals surface area contributed by atoms with Crippen LogP contribution in [0, 0.1) is 17.8 Å². The lowest BCUT2D eigenvalue weighted by atomic mass is 9.86. The third kappa shape index (κ3) is 4.49. The van der Waals surface area contributed by atoms with E-state index in [9.17, 15) is 13.6 Å². The number of hydrogen-bond acceptors (Lipinski definition) is 7. The molecule has 2 saturated carbocycles. The lowest BCUT2D eigenvalue weighted by Gasteiger charge is -2.20. The van der Waals surface area contributed by atoms with Crippen LogP contribution in [0.1, 0.15) is 38.0 Å². The van der Waals surface area contributed by atoms with E-state index in [2.05, 4.69) is 14.9 Å². The monoisotopic (exact) mass is 408 g/mol. The number of carbonyl (C=O) groups excluding carboxylic acids is 1. The first-order valence-corrected chi connectivity index (χ1v) is 9.63. The molecule has 0 amide bonds. The molecule has 0 radical (unpaired) electrons. The first-order valence-electron chi connectivity index (χ1n) is 9.63. The highest BCUT2D eigenvalue weighted by atomic mass is 19.3. The summed E-state index contributed by atoms with van der Waals surface area (Å²) < 4.78 is 44.7. The number of aromatic nitrogens is 2. The highest BCUT2D eigenvalue weighted by molar-refractivity contribution is 5.69. The summed E-state index contributed by atoms with van der Waals surface area (Å²) in [6.07, 6.45) is 5.32. The highest BCUT2D eigenvalue weighted by Gasteiger charge is 2.40. The van der Waals surface area contributed by atoms with Gasteiger partial charge in [-0.3, -0.25) is 4.79 Å². The summed E-state index contributed by atoms with van der Waals surface area (Å²) in [4.78, 5) is 16.3. The predicted octanol–water partition coefficient (Wildman–Crippen LogP) is 4.22. The van der Waals surface area contributed by atoms with E-state index in [0.29, 0.717) is 23.8 Å². The van der Waals surface area contributed by atoms with Crippen molar-refractivity contribution in [2.24, 2.45) is 17.8 Å². The summed E-state index contributed by atoms with van der Waals surface area (Å²) in [6, 6.07) is 4.31. The molecule has 3 atom stereocenters. The van der Waals surface area contributed by atoms with Crippen molar-refractivity contribution in [2.45, 2.75) is 45.3 Å². The molecule has 7 nitrogen and oxygen atoms in total. The van der Waals surface area contributed by atoms with Gasteiger partial charge >= 0.3 is 12.6 Å².